The monoisotopic (exact) mass is 262 g/mol. The highest BCUT2D eigenvalue weighted by atomic mass is 32.2. The summed E-state index contributed by atoms with van der Waals surface area (Å²) in [4.78, 5) is 19.3. The van der Waals surface area contributed by atoms with Crippen molar-refractivity contribution >= 4 is 21.5 Å². The summed E-state index contributed by atoms with van der Waals surface area (Å²) in [6.07, 6.45) is 0.632. The van der Waals surface area contributed by atoms with Crippen LogP contribution >= 0.6 is 0 Å². The molecule has 9 nitrogen and oxygen atoms in total. The lowest BCUT2D eigenvalue weighted by Crippen LogP contribution is -2.09. The molecule has 0 heterocycles. The van der Waals surface area contributed by atoms with Gasteiger partial charge in [-0.25, -0.2) is 0 Å². The fourth-order valence-corrected chi connectivity index (χ4v) is 1.51. The number of hydrogen-bond donors (Lipinski definition) is 0. The first-order chi connectivity index (χ1) is 7.72. The molecule has 0 atom stereocenters. The van der Waals surface area contributed by atoms with Gasteiger partial charge in [0.15, 0.2) is 0 Å². The molecular weight excluding hydrogens is 256 g/mol. The van der Waals surface area contributed by atoms with Gasteiger partial charge in [-0.3, -0.25) is 20.2 Å². The molecule has 0 bridgehead atoms. The zero-order valence-electron chi connectivity index (χ0n) is 8.39. The Morgan fingerprint density at radius 1 is 1.12 bits per heavy atom. The normalized spacial score (nSPS) is 10.9. The Morgan fingerprint density at radius 2 is 1.53 bits per heavy atom. The lowest BCUT2D eigenvalue weighted by Gasteiger charge is -2.03. The molecule has 1 aromatic rings. The van der Waals surface area contributed by atoms with Gasteiger partial charge in [-0.2, -0.15) is 8.42 Å². The Hall–Kier alpha value is -2.23. The first-order valence-corrected chi connectivity index (χ1v) is 5.85. The van der Waals surface area contributed by atoms with Crippen molar-refractivity contribution in [2.24, 2.45) is 0 Å². The smallest absolute Gasteiger partial charge is 0.319 e. The topological polar surface area (TPSA) is 130 Å². The van der Waals surface area contributed by atoms with Crippen LogP contribution in [0.4, 0.5) is 11.4 Å². The van der Waals surface area contributed by atoms with Crippen molar-refractivity contribution in [1.29, 1.82) is 0 Å². The highest BCUT2D eigenvalue weighted by Crippen LogP contribution is 2.36. The van der Waals surface area contributed by atoms with Crippen molar-refractivity contribution < 1.29 is 22.4 Å². The van der Waals surface area contributed by atoms with Crippen LogP contribution in [0.25, 0.3) is 0 Å². The molecule has 0 aliphatic heterocycles. The molecule has 1 rings (SSSR count). The van der Waals surface area contributed by atoms with E-state index in [1.807, 2.05) is 0 Å². The molecule has 0 aromatic heterocycles. The third-order valence-corrected chi connectivity index (χ3v) is 2.07. The van der Waals surface area contributed by atoms with Crippen molar-refractivity contribution in [2.45, 2.75) is 0 Å². The van der Waals surface area contributed by atoms with E-state index in [1.165, 1.54) is 0 Å². The molecule has 0 N–H and O–H groups in total. The average molecular weight is 262 g/mol. The third kappa shape index (κ3) is 3.11. The molecule has 0 radical (unpaired) electrons. The van der Waals surface area contributed by atoms with Crippen LogP contribution in [0.2, 0.25) is 0 Å². The standard InChI is InChI=1S/C7H6N2O7S/c1-17(14,15)16-7-5(8(10)11)3-2-4-6(7)9(12)13/h2-4H,1H3. The zero-order chi connectivity index (χ0) is 13.2. The largest absolute Gasteiger partial charge is 0.368 e. The number of nitrogens with zero attached hydrogens (tertiary/aromatic N) is 2. The van der Waals surface area contributed by atoms with Crippen LogP contribution in [0.15, 0.2) is 18.2 Å². The number of nitro benzene ring substituents is 2. The van der Waals surface area contributed by atoms with Crippen LogP contribution in [0, 0.1) is 20.2 Å². The van der Waals surface area contributed by atoms with Crippen LogP contribution in [0.3, 0.4) is 0 Å². The molecule has 0 aliphatic carbocycles. The predicted octanol–water partition coefficient (Wildman–Crippen LogP) is 0.841. The fourth-order valence-electron chi connectivity index (χ4n) is 1.04. The molecule has 17 heavy (non-hydrogen) atoms. The lowest BCUT2D eigenvalue weighted by molar-refractivity contribution is -0.395. The van der Waals surface area contributed by atoms with Crippen LogP contribution in [-0.4, -0.2) is 24.5 Å². The lowest BCUT2D eigenvalue weighted by atomic mass is 10.2. The maximum absolute atomic E-state index is 10.9. The second-order valence-electron chi connectivity index (χ2n) is 2.93. The number of hydrogen-bond acceptors (Lipinski definition) is 7. The van der Waals surface area contributed by atoms with Crippen molar-refractivity contribution in [3.63, 3.8) is 0 Å². The van der Waals surface area contributed by atoms with Crippen LogP contribution < -0.4 is 4.18 Å². The molecule has 92 valence electrons. The molecule has 0 unspecified atom stereocenters. The summed E-state index contributed by atoms with van der Waals surface area (Å²) < 4.78 is 26.0. The van der Waals surface area contributed by atoms with Crippen molar-refractivity contribution in [3.05, 3.63) is 38.4 Å². The summed E-state index contributed by atoms with van der Waals surface area (Å²) in [7, 11) is -4.10. The molecule has 10 heteroatoms. The number of para-hydroxylation sites is 1. The van der Waals surface area contributed by atoms with Gasteiger partial charge < -0.3 is 4.18 Å². The van der Waals surface area contributed by atoms with E-state index in [1.54, 1.807) is 0 Å². The molecule has 1 aromatic carbocycles. The van der Waals surface area contributed by atoms with Gasteiger partial charge in [0.25, 0.3) is 5.75 Å². The van der Waals surface area contributed by atoms with E-state index in [9.17, 15) is 28.6 Å². The van der Waals surface area contributed by atoms with Crippen LogP contribution in [0.5, 0.6) is 5.75 Å². The minimum absolute atomic E-state index is 0.632. The Morgan fingerprint density at radius 3 is 1.82 bits per heavy atom. The molecular formula is C7H6N2O7S. The molecule has 0 aliphatic rings. The van der Waals surface area contributed by atoms with Gasteiger partial charge in [0.1, 0.15) is 0 Å². The summed E-state index contributed by atoms with van der Waals surface area (Å²) in [6, 6.07) is 2.88. The van der Waals surface area contributed by atoms with Gasteiger partial charge in [-0.05, 0) is 6.07 Å². The number of nitro groups is 2. The summed E-state index contributed by atoms with van der Waals surface area (Å²) >= 11 is 0. The zero-order valence-corrected chi connectivity index (χ0v) is 9.21. The highest BCUT2D eigenvalue weighted by molar-refractivity contribution is 7.86. The summed E-state index contributed by atoms with van der Waals surface area (Å²) in [5, 5.41) is 21.2. The van der Waals surface area contributed by atoms with Crippen LogP contribution in [0.1, 0.15) is 0 Å². The molecule has 0 fully saturated rings. The molecule has 0 amide bonds. The van der Waals surface area contributed by atoms with Gasteiger partial charge in [0, 0.05) is 12.1 Å². The maximum Gasteiger partial charge on any atom is 0.319 e. The Kier molecular flexibility index (Phi) is 3.27. The minimum Gasteiger partial charge on any atom is -0.368 e. The Bertz CT molecular complexity index is 548. The van der Waals surface area contributed by atoms with Crippen molar-refractivity contribution in [2.75, 3.05) is 6.26 Å². The number of rotatable bonds is 4. The highest BCUT2D eigenvalue weighted by Gasteiger charge is 2.29. The first kappa shape index (κ1) is 12.8. The average Bonchev–Trinajstić information content (AvgIpc) is 2.14. The second kappa shape index (κ2) is 4.33. The van der Waals surface area contributed by atoms with Crippen molar-refractivity contribution in [3.8, 4) is 5.75 Å². The second-order valence-corrected chi connectivity index (χ2v) is 4.50. The minimum atomic E-state index is -4.10. The van der Waals surface area contributed by atoms with Gasteiger partial charge in [0.05, 0.1) is 16.1 Å². The van der Waals surface area contributed by atoms with Crippen LogP contribution in [-0.2, 0) is 10.1 Å². The quantitative estimate of drug-likeness (QED) is 0.446. The summed E-state index contributed by atoms with van der Waals surface area (Å²) in [5.74, 6) is -0.898. The fraction of sp³-hybridized carbons (Fsp3) is 0.143. The maximum atomic E-state index is 10.9. The van der Waals surface area contributed by atoms with E-state index in [0.29, 0.717) is 6.26 Å². The Labute approximate surface area is 95.1 Å². The molecule has 0 saturated heterocycles. The van der Waals surface area contributed by atoms with Crippen molar-refractivity contribution in [1.82, 2.24) is 0 Å². The summed E-state index contributed by atoms with van der Waals surface area (Å²) in [6.45, 7) is 0. The number of benzene rings is 1. The van der Waals surface area contributed by atoms with E-state index >= 15 is 0 Å². The van der Waals surface area contributed by atoms with E-state index in [4.69, 9.17) is 0 Å². The molecule has 0 spiro atoms. The Balaban J connectivity index is 3.49. The SMILES string of the molecule is CS(=O)(=O)Oc1c([N+](=O)[O-])cccc1[N+](=O)[O-]. The summed E-state index contributed by atoms with van der Waals surface area (Å²) in [5.41, 5.74) is -1.57. The first-order valence-electron chi connectivity index (χ1n) is 4.03. The van der Waals surface area contributed by atoms with Gasteiger partial charge in [0.2, 0.25) is 0 Å². The van der Waals surface area contributed by atoms with Gasteiger partial charge in [-0.1, -0.05) is 0 Å². The van der Waals surface area contributed by atoms with E-state index in [0.717, 1.165) is 18.2 Å². The third-order valence-electron chi connectivity index (χ3n) is 1.60. The molecule has 0 saturated carbocycles. The van der Waals surface area contributed by atoms with E-state index < -0.39 is 37.1 Å². The van der Waals surface area contributed by atoms with E-state index in [2.05, 4.69) is 4.18 Å². The van der Waals surface area contributed by atoms with Gasteiger partial charge in [-0.15, -0.1) is 0 Å². The van der Waals surface area contributed by atoms with Gasteiger partial charge >= 0.3 is 21.5 Å². The van der Waals surface area contributed by atoms with E-state index in [-0.39, 0.29) is 0 Å². The predicted molar refractivity (Wildman–Crippen MR) is 55.2 cm³/mol.